The van der Waals surface area contributed by atoms with Gasteiger partial charge in [0.25, 0.3) is 0 Å². The molecule has 0 spiro atoms. The second kappa shape index (κ2) is 4.23. The Labute approximate surface area is 77.9 Å². The highest BCUT2D eigenvalue weighted by Crippen LogP contribution is 2.16. The smallest absolute Gasteiger partial charge is 0.125 e. The van der Waals surface area contributed by atoms with Gasteiger partial charge >= 0.3 is 0 Å². The van der Waals surface area contributed by atoms with Gasteiger partial charge in [-0.15, -0.1) is 0 Å². The molecule has 0 saturated carbocycles. The lowest BCUT2D eigenvalue weighted by Gasteiger charge is -2.14. The van der Waals surface area contributed by atoms with Gasteiger partial charge in [0, 0.05) is 18.3 Å². The summed E-state index contributed by atoms with van der Waals surface area (Å²) in [4.78, 5) is 0. The number of rotatable bonds is 3. The zero-order valence-electron chi connectivity index (χ0n) is 7.97. The van der Waals surface area contributed by atoms with Crippen LogP contribution < -0.4 is 11.1 Å². The number of aryl methyl sites for hydroxylation is 1. The van der Waals surface area contributed by atoms with E-state index in [1.165, 1.54) is 12.1 Å². The van der Waals surface area contributed by atoms with Gasteiger partial charge in [-0.3, -0.25) is 0 Å². The van der Waals surface area contributed by atoms with Gasteiger partial charge in [-0.2, -0.15) is 0 Å². The SMILES string of the molecule is Cc1ccc(F)cc1NC(C)CN. The molecular weight excluding hydrogens is 167 g/mol. The molecule has 0 radical (unpaired) electrons. The third-order valence-electron chi connectivity index (χ3n) is 1.96. The average molecular weight is 182 g/mol. The Kier molecular flexibility index (Phi) is 3.25. The molecule has 1 rings (SSSR count). The summed E-state index contributed by atoms with van der Waals surface area (Å²) in [6.45, 7) is 4.44. The molecule has 3 N–H and O–H groups in total. The number of halogens is 1. The minimum absolute atomic E-state index is 0.167. The first-order chi connectivity index (χ1) is 6.13. The molecule has 13 heavy (non-hydrogen) atoms. The van der Waals surface area contributed by atoms with Crippen LogP contribution >= 0.6 is 0 Å². The van der Waals surface area contributed by atoms with E-state index in [4.69, 9.17) is 5.73 Å². The van der Waals surface area contributed by atoms with Gasteiger partial charge in [0.2, 0.25) is 0 Å². The van der Waals surface area contributed by atoms with Crippen LogP contribution in [-0.4, -0.2) is 12.6 Å². The lowest BCUT2D eigenvalue weighted by Crippen LogP contribution is -2.25. The van der Waals surface area contributed by atoms with E-state index in [2.05, 4.69) is 5.32 Å². The number of hydrogen-bond acceptors (Lipinski definition) is 2. The van der Waals surface area contributed by atoms with E-state index in [9.17, 15) is 4.39 Å². The fraction of sp³-hybridized carbons (Fsp3) is 0.400. The summed E-state index contributed by atoms with van der Waals surface area (Å²) in [6.07, 6.45) is 0. The predicted octanol–water partition coefficient (Wildman–Crippen LogP) is 1.89. The number of hydrogen-bond donors (Lipinski definition) is 2. The zero-order valence-corrected chi connectivity index (χ0v) is 7.97. The average Bonchev–Trinajstić information content (AvgIpc) is 2.11. The summed E-state index contributed by atoms with van der Waals surface area (Å²) in [6, 6.07) is 4.86. The van der Waals surface area contributed by atoms with Crippen molar-refractivity contribution in [3.8, 4) is 0 Å². The van der Waals surface area contributed by atoms with Crippen molar-refractivity contribution in [2.45, 2.75) is 19.9 Å². The van der Waals surface area contributed by atoms with E-state index in [0.717, 1.165) is 11.3 Å². The van der Waals surface area contributed by atoms with Crippen molar-refractivity contribution in [3.05, 3.63) is 29.6 Å². The van der Waals surface area contributed by atoms with Crippen molar-refractivity contribution < 1.29 is 4.39 Å². The zero-order chi connectivity index (χ0) is 9.84. The van der Waals surface area contributed by atoms with Gasteiger partial charge in [-0.05, 0) is 31.5 Å². The van der Waals surface area contributed by atoms with Crippen molar-refractivity contribution in [1.82, 2.24) is 0 Å². The van der Waals surface area contributed by atoms with Crippen LogP contribution in [0.1, 0.15) is 12.5 Å². The lowest BCUT2D eigenvalue weighted by molar-refractivity contribution is 0.627. The maximum atomic E-state index is 12.8. The fourth-order valence-electron chi connectivity index (χ4n) is 1.07. The van der Waals surface area contributed by atoms with E-state index in [-0.39, 0.29) is 11.9 Å². The number of benzene rings is 1. The van der Waals surface area contributed by atoms with Crippen molar-refractivity contribution in [2.24, 2.45) is 5.73 Å². The molecule has 72 valence electrons. The van der Waals surface area contributed by atoms with Crippen LogP contribution in [0.5, 0.6) is 0 Å². The fourth-order valence-corrected chi connectivity index (χ4v) is 1.07. The molecule has 3 heteroatoms. The highest BCUT2D eigenvalue weighted by molar-refractivity contribution is 5.51. The molecule has 0 aliphatic heterocycles. The lowest BCUT2D eigenvalue weighted by atomic mass is 10.2. The molecule has 0 saturated heterocycles. The molecule has 0 bridgehead atoms. The van der Waals surface area contributed by atoms with E-state index in [1.807, 2.05) is 13.8 Å². The van der Waals surface area contributed by atoms with Crippen LogP contribution in [0.25, 0.3) is 0 Å². The topological polar surface area (TPSA) is 38.0 Å². The molecule has 0 fully saturated rings. The Balaban J connectivity index is 2.81. The standard InChI is InChI=1S/C10H15FN2/c1-7-3-4-9(11)5-10(7)13-8(2)6-12/h3-5,8,13H,6,12H2,1-2H3. The summed E-state index contributed by atoms with van der Waals surface area (Å²) in [5.74, 6) is -0.225. The van der Waals surface area contributed by atoms with Crippen LogP contribution in [0, 0.1) is 12.7 Å². The molecule has 1 aromatic rings. The second-order valence-electron chi connectivity index (χ2n) is 3.24. The molecule has 0 aliphatic carbocycles. The number of nitrogens with one attached hydrogen (secondary N) is 1. The summed E-state index contributed by atoms with van der Waals surface area (Å²) in [5, 5.41) is 3.14. The first-order valence-corrected chi connectivity index (χ1v) is 4.36. The van der Waals surface area contributed by atoms with Crippen molar-refractivity contribution in [2.75, 3.05) is 11.9 Å². The van der Waals surface area contributed by atoms with Crippen LogP contribution in [-0.2, 0) is 0 Å². The third kappa shape index (κ3) is 2.70. The molecule has 2 nitrogen and oxygen atoms in total. The van der Waals surface area contributed by atoms with Crippen molar-refractivity contribution in [1.29, 1.82) is 0 Å². The van der Waals surface area contributed by atoms with E-state index in [1.54, 1.807) is 6.07 Å². The minimum atomic E-state index is -0.225. The van der Waals surface area contributed by atoms with Crippen molar-refractivity contribution in [3.63, 3.8) is 0 Å². The molecule has 1 atom stereocenters. The molecule has 1 unspecified atom stereocenters. The van der Waals surface area contributed by atoms with Crippen LogP contribution in [0.2, 0.25) is 0 Å². The Bertz CT molecular complexity index is 286. The predicted molar refractivity (Wildman–Crippen MR) is 53.3 cm³/mol. The Morgan fingerprint density at radius 2 is 2.23 bits per heavy atom. The maximum Gasteiger partial charge on any atom is 0.125 e. The maximum absolute atomic E-state index is 12.8. The first kappa shape index (κ1) is 9.99. The van der Waals surface area contributed by atoms with E-state index >= 15 is 0 Å². The van der Waals surface area contributed by atoms with Gasteiger partial charge in [-0.25, -0.2) is 4.39 Å². The highest BCUT2D eigenvalue weighted by Gasteiger charge is 2.02. The normalized spacial score (nSPS) is 12.6. The molecular formula is C10H15FN2. The van der Waals surface area contributed by atoms with Crippen LogP contribution in [0.4, 0.5) is 10.1 Å². The highest BCUT2D eigenvalue weighted by atomic mass is 19.1. The van der Waals surface area contributed by atoms with Gasteiger partial charge in [0.15, 0.2) is 0 Å². The first-order valence-electron chi connectivity index (χ1n) is 4.36. The summed E-state index contributed by atoms with van der Waals surface area (Å²) >= 11 is 0. The molecule has 0 aliphatic rings. The van der Waals surface area contributed by atoms with E-state index in [0.29, 0.717) is 6.54 Å². The van der Waals surface area contributed by atoms with Crippen LogP contribution in [0.15, 0.2) is 18.2 Å². The monoisotopic (exact) mass is 182 g/mol. The van der Waals surface area contributed by atoms with E-state index < -0.39 is 0 Å². The molecule has 0 aromatic heterocycles. The number of nitrogens with two attached hydrogens (primary N) is 1. The largest absolute Gasteiger partial charge is 0.381 e. The third-order valence-corrected chi connectivity index (χ3v) is 1.96. The second-order valence-corrected chi connectivity index (χ2v) is 3.24. The molecule has 1 aromatic carbocycles. The summed E-state index contributed by atoms with van der Waals surface area (Å²) in [5.41, 5.74) is 7.30. The summed E-state index contributed by atoms with van der Waals surface area (Å²) < 4.78 is 12.8. The van der Waals surface area contributed by atoms with Crippen LogP contribution in [0.3, 0.4) is 0 Å². The molecule has 0 amide bonds. The Hall–Kier alpha value is -1.09. The van der Waals surface area contributed by atoms with Crippen molar-refractivity contribution >= 4 is 5.69 Å². The Morgan fingerprint density at radius 1 is 1.54 bits per heavy atom. The summed E-state index contributed by atoms with van der Waals surface area (Å²) in [7, 11) is 0. The van der Waals surface area contributed by atoms with Gasteiger partial charge < -0.3 is 11.1 Å². The molecule has 0 heterocycles. The Morgan fingerprint density at radius 3 is 2.85 bits per heavy atom. The minimum Gasteiger partial charge on any atom is -0.381 e. The van der Waals surface area contributed by atoms with Gasteiger partial charge in [-0.1, -0.05) is 6.07 Å². The quantitative estimate of drug-likeness (QED) is 0.749. The van der Waals surface area contributed by atoms with Gasteiger partial charge in [0.05, 0.1) is 0 Å². The van der Waals surface area contributed by atoms with Gasteiger partial charge in [0.1, 0.15) is 5.82 Å². The number of anilines is 1.